The van der Waals surface area contributed by atoms with Crippen LogP contribution in [0.3, 0.4) is 0 Å². The highest BCUT2D eigenvalue weighted by Gasteiger charge is 2.18. The van der Waals surface area contributed by atoms with E-state index in [1.54, 1.807) is 0 Å². The van der Waals surface area contributed by atoms with Gasteiger partial charge in [0.05, 0.1) is 10.4 Å². The molecule has 126 valence electrons. The molecule has 7 heteroatoms. The average Bonchev–Trinajstić information content (AvgIpc) is 2.85. The smallest absolute Gasteiger partial charge is 0.267 e. The number of amides is 2. The maximum atomic E-state index is 13.6. The fourth-order valence-corrected chi connectivity index (χ4v) is 4.01. The molecule has 3 rings (SSSR count). The van der Waals surface area contributed by atoms with Gasteiger partial charge < -0.3 is 0 Å². The molecule has 2 N–H and O–H groups in total. The Balaban J connectivity index is 1.65. The zero-order chi connectivity index (χ0) is 17.1. The molecule has 0 radical (unpaired) electrons. The van der Waals surface area contributed by atoms with Gasteiger partial charge in [0, 0.05) is 9.90 Å². The van der Waals surface area contributed by atoms with Gasteiger partial charge >= 0.3 is 0 Å². The van der Waals surface area contributed by atoms with Crippen LogP contribution in [0, 0.1) is 5.82 Å². The van der Waals surface area contributed by atoms with E-state index in [4.69, 9.17) is 11.6 Å². The summed E-state index contributed by atoms with van der Waals surface area (Å²) < 4.78 is 13.6. The molecule has 2 aromatic rings. The number of carbonyl (C=O) groups excluding carboxylic acids is 2. The van der Waals surface area contributed by atoms with E-state index in [1.807, 2.05) is 6.07 Å². The number of hydrogen-bond acceptors (Lipinski definition) is 3. The number of aryl methyl sites for hydroxylation is 2. The van der Waals surface area contributed by atoms with Gasteiger partial charge in [0.1, 0.15) is 5.82 Å². The Labute approximate surface area is 148 Å². The maximum absolute atomic E-state index is 13.6. The molecule has 0 fully saturated rings. The first-order valence-electron chi connectivity index (χ1n) is 7.72. The Morgan fingerprint density at radius 3 is 2.62 bits per heavy atom. The monoisotopic (exact) mass is 366 g/mol. The number of hydrazine groups is 1. The van der Waals surface area contributed by atoms with Crippen LogP contribution >= 0.6 is 22.9 Å². The first kappa shape index (κ1) is 16.9. The third-order valence-corrected chi connectivity index (χ3v) is 5.40. The second-order valence-electron chi connectivity index (χ2n) is 5.65. The summed E-state index contributed by atoms with van der Waals surface area (Å²) >= 11 is 7.21. The molecule has 0 bridgehead atoms. The second-order valence-corrected chi connectivity index (χ2v) is 7.23. The molecule has 1 aliphatic carbocycles. The van der Waals surface area contributed by atoms with Crippen LogP contribution in [0.1, 0.15) is 49.7 Å². The SMILES string of the molecule is O=C(NNC(=O)c1cc(Cl)ccc1F)c1cc2c(s1)CCCCC2. The molecule has 1 aromatic heterocycles. The van der Waals surface area contributed by atoms with Crippen molar-refractivity contribution < 1.29 is 14.0 Å². The van der Waals surface area contributed by atoms with Crippen molar-refractivity contribution in [1.82, 2.24) is 10.9 Å². The lowest BCUT2D eigenvalue weighted by Gasteiger charge is -2.07. The molecular weight excluding hydrogens is 351 g/mol. The van der Waals surface area contributed by atoms with Crippen molar-refractivity contribution in [2.75, 3.05) is 0 Å². The van der Waals surface area contributed by atoms with Gasteiger partial charge in [0.25, 0.3) is 11.8 Å². The summed E-state index contributed by atoms with van der Waals surface area (Å²) in [4.78, 5) is 26.0. The molecule has 4 nitrogen and oxygen atoms in total. The molecule has 0 saturated heterocycles. The van der Waals surface area contributed by atoms with Crippen molar-refractivity contribution >= 4 is 34.8 Å². The number of nitrogens with one attached hydrogen (secondary N) is 2. The molecule has 0 spiro atoms. The minimum atomic E-state index is -0.749. The number of rotatable bonds is 2. The predicted octanol–water partition coefficient (Wildman–Crippen LogP) is 3.88. The fourth-order valence-electron chi connectivity index (χ4n) is 2.69. The molecule has 1 heterocycles. The minimum absolute atomic E-state index is 0.218. The Kier molecular flexibility index (Phi) is 5.16. The Bertz CT molecular complexity index is 767. The van der Waals surface area contributed by atoms with E-state index < -0.39 is 17.6 Å². The number of hydrogen-bond donors (Lipinski definition) is 2. The highest BCUT2D eigenvalue weighted by atomic mass is 35.5. The summed E-state index contributed by atoms with van der Waals surface area (Å²) in [7, 11) is 0. The van der Waals surface area contributed by atoms with E-state index in [1.165, 1.54) is 40.3 Å². The normalized spacial score (nSPS) is 13.8. The van der Waals surface area contributed by atoms with Crippen LogP contribution in [0.15, 0.2) is 24.3 Å². The van der Waals surface area contributed by atoms with Crippen molar-refractivity contribution in [2.24, 2.45) is 0 Å². The quantitative estimate of drug-likeness (QED) is 0.626. The van der Waals surface area contributed by atoms with Crippen molar-refractivity contribution in [3.05, 3.63) is 56.0 Å². The van der Waals surface area contributed by atoms with Crippen molar-refractivity contribution in [3.8, 4) is 0 Å². The standard InChI is InChI=1S/C17H16ClFN2O2S/c18-11-6-7-13(19)12(9-11)16(22)20-21-17(23)15-8-10-4-2-1-3-5-14(10)24-15/h6-9H,1-5H2,(H,20,22)(H,21,23). The van der Waals surface area contributed by atoms with Crippen molar-refractivity contribution in [3.63, 3.8) is 0 Å². The molecule has 0 aliphatic heterocycles. The largest absolute Gasteiger partial charge is 0.279 e. The van der Waals surface area contributed by atoms with Crippen molar-refractivity contribution in [1.29, 1.82) is 0 Å². The van der Waals surface area contributed by atoms with Crippen LogP contribution in [-0.4, -0.2) is 11.8 Å². The fraction of sp³-hybridized carbons (Fsp3) is 0.294. The summed E-state index contributed by atoms with van der Waals surface area (Å²) in [6.07, 6.45) is 5.46. The molecule has 2 amide bonds. The average molecular weight is 367 g/mol. The van der Waals surface area contributed by atoms with E-state index in [0.29, 0.717) is 4.88 Å². The van der Waals surface area contributed by atoms with E-state index in [2.05, 4.69) is 10.9 Å². The first-order valence-corrected chi connectivity index (χ1v) is 8.91. The van der Waals surface area contributed by atoms with E-state index in [9.17, 15) is 14.0 Å². The zero-order valence-electron chi connectivity index (χ0n) is 12.8. The van der Waals surface area contributed by atoms with Crippen LogP contribution in [0.4, 0.5) is 4.39 Å². The highest BCUT2D eigenvalue weighted by molar-refractivity contribution is 7.14. The number of halogens is 2. The molecule has 24 heavy (non-hydrogen) atoms. The molecule has 0 saturated carbocycles. The van der Waals surface area contributed by atoms with Gasteiger partial charge in [0.15, 0.2) is 0 Å². The van der Waals surface area contributed by atoms with Gasteiger partial charge in [-0.1, -0.05) is 18.0 Å². The van der Waals surface area contributed by atoms with Crippen molar-refractivity contribution in [2.45, 2.75) is 32.1 Å². The number of benzene rings is 1. The van der Waals surface area contributed by atoms with E-state index >= 15 is 0 Å². The van der Waals surface area contributed by atoms with Crippen LogP contribution in [0.5, 0.6) is 0 Å². The van der Waals surface area contributed by atoms with Gasteiger partial charge in [-0.2, -0.15) is 0 Å². The van der Waals surface area contributed by atoms with Gasteiger partial charge in [-0.25, -0.2) is 4.39 Å². The summed E-state index contributed by atoms with van der Waals surface area (Å²) in [6.45, 7) is 0. The summed E-state index contributed by atoms with van der Waals surface area (Å²) in [5, 5.41) is 0.245. The molecule has 0 atom stereocenters. The van der Waals surface area contributed by atoms with Gasteiger partial charge in [-0.15, -0.1) is 11.3 Å². The van der Waals surface area contributed by atoms with E-state index in [0.717, 1.165) is 31.7 Å². The predicted molar refractivity (Wildman–Crippen MR) is 91.9 cm³/mol. The lowest BCUT2D eigenvalue weighted by molar-refractivity contribution is 0.0846. The Morgan fingerprint density at radius 1 is 1.04 bits per heavy atom. The number of thiophene rings is 1. The van der Waals surface area contributed by atoms with Crippen LogP contribution in [0.25, 0.3) is 0 Å². The Hall–Kier alpha value is -1.92. The summed E-state index contributed by atoms with van der Waals surface area (Å²) in [5.41, 5.74) is 5.56. The minimum Gasteiger partial charge on any atom is -0.267 e. The lowest BCUT2D eigenvalue weighted by Crippen LogP contribution is -2.41. The topological polar surface area (TPSA) is 58.2 Å². The first-order chi connectivity index (χ1) is 11.5. The van der Waals surface area contributed by atoms with Crippen LogP contribution < -0.4 is 10.9 Å². The van der Waals surface area contributed by atoms with Crippen LogP contribution in [-0.2, 0) is 12.8 Å². The third kappa shape index (κ3) is 3.76. The number of fused-ring (bicyclic) bond motifs is 1. The Morgan fingerprint density at radius 2 is 1.79 bits per heavy atom. The second kappa shape index (κ2) is 7.32. The maximum Gasteiger partial charge on any atom is 0.279 e. The highest BCUT2D eigenvalue weighted by Crippen LogP contribution is 2.28. The van der Waals surface area contributed by atoms with Gasteiger partial charge in [-0.3, -0.25) is 20.4 Å². The molecular formula is C17H16ClFN2O2S. The number of carbonyl (C=O) groups is 2. The van der Waals surface area contributed by atoms with Gasteiger partial charge in [0.2, 0.25) is 0 Å². The summed E-state index contributed by atoms with van der Waals surface area (Å²) in [5.74, 6) is -1.85. The van der Waals surface area contributed by atoms with Crippen LogP contribution in [0.2, 0.25) is 5.02 Å². The van der Waals surface area contributed by atoms with Gasteiger partial charge in [-0.05, 0) is 55.5 Å². The molecule has 1 aromatic carbocycles. The zero-order valence-corrected chi connectivity index (χ0v) is 14.4. The molecule has 1 aliphatic rings. The van der Waals surface area contributed by atoms with E-state index in [-0.39, 0.29) is 10.6 Å². The lowest BCUT2D eigenvalue weighted by atomic mass is 10.1. The molecule has 0 unspecified atom stereocenters. The summed E-state index contributed by atoms with van der Waals surface area (Å²) in [6, 6.07) is 5.55. The third-order valence-electron chi connectivity index (χ3n) is 3.93.